The second-order valence-electron chi connectivity index (χ2n) is 8.06. The fourth-order valence-corrected chi connectivity index (χ4v) is 3.51. The predicted octanol–water partition coefficient (Wildman–Crippen LogP) is -0.588. The summed E-state index contributed by atoms with van der Waals surface area (Å²) in [5.74, 6) is -2.71. The van der Waals surface area contributed by atoms with E-state index in [1.165, 1.54) is 6.92 Å². The standard InChI is InChI=1S/C23H28N4O10/c1-13(28)33-11-18-21(35-14(2)29)22(36-15(3)30)20(32)23(37-18)34-12-19(31)24-9-16-10-27(26-25-16)17-7-5-4-6-8-17/h4-8,10,18,20-23,32H,9,11-12H2,1-3H3,(H,24,31)/t18-,20-,21-,22-,23-/m1/s1. The van der Waals surface area contributed by atoms with Gasteiger partial charge in [0.1, 0.15) is 31.1 Å². The normalized spacial score (nSPS) is 23.1. The van der Waals surface area contributed by atoms with Gasteiger partial charge in [0.2, 0.25) is 5.91 Å². The number of carbonyl (C=O) groups is 4. The second-order valence-corrected chi connectivity index (χ2v) is 8.06. The third-order valence-corrected chi connectivity index (χ3v) is 5.08. The molecule has 1 fully saturated rings. The van der Waals surface area contributed by atoms with Crippen LogP contribution >= 0.6 is 0 Å². The van der Waals surface area contributed by atoms with Crippen LogP contribution in [0.5, 0.6) is 0 Å². The molecule has 2 aromatic rings. The Bertz CT molecular complexity index is 1090. The van der Waals surface area contributed by atoms with Gasteiger partial charge in [-0.25, -0.2) is 4.68 Å². The number of nitrogens with zero attached hydrogens (tertiary/aromatic N) is 3. The Morgan fingerprint density at radius 3 is 2.35 bits per heavy atom. The lowest BCUT2D eigenvalue weighted by Gasteiger charge is -2.42. The fraction of sp³-hybridized carbons (Fsp3) is 0.478. The van der Waals surface area contributed by atoms with Crippen LogP contribution in [0.15, 0.2) is 36.5 Å². The monoisotopic (exact) mass is 520 g/mol. The minimum Gasteiger partial charge on any atom is -0.463 e. The Balaban J connectivity index is 1.60. The number of carbonyl (C=O) groups excluding carboxylic acids is 4. The predicted molar refractivity (Wildman–Crippen MR) is 122 cm³/mol. The van der Waals surface area contributed by atoms with Gasteiger partial charge in [-0.2, -0.15) is 0 Å². The molecule has 0 radical (unpaired) electrons. The van der Waals surface area contributed by atoms with E-state index in [0.717, 1.165) is 19.5 Å². The summed E-state index contributed by atoms with van der Waals surface area (Å²) in [6.45, 7) is 2.51. The van der Waals surface area contributed by atoms with Gasteiger partial charge in [-0.1, -0.05) is 23.4 Å². The van der Waals surface area contributed by atoms with Crippen molar-refractivity contribution in [1.82, 2.24) is 20.3 Å². The molecule has 0 aliphatic carbocycles. The Hall–Kier alpha value is -3.88. The number of rotatable bonds is 10. The van der Waals surface area contributed by atoms with Gasteiger partial charge >= 0.3 is 17.9 Å². The molecule has 1 aliphatic heterocycles. The highest BCUT2D eigenvalue weighted by molar-refractivity contribution is 5.77. The molecule has 2 N–H and O–H groups in total. The lowest BCUT2D eigenvalue weighted by molar-refractivity contribution is -0.304. The van der Waals surface area contributed by atoms with Crippen LogP contribution in [0.3, 0.4) is 0 Å². The van der Waals surface area contributed by atoms with Gasteiger partial charge in [-0.15, -0.1) is 5.10 Å². The van der Waals surface area contributed by atoms with Crippen LogP contribution in [0.1, 0.15) is 26.5 Å². The summed E-state index contributed by atoms with van der Waals surface area (Å²) in [7, 11) is 0. The highest BCUT2D eigenvalue weighted by Crippen LogP contribution is 2.27. The van der Waals surface area contributed by atoms with Gasteiger partial charge in [0.05, 0.1) is 18.4 Å². The number of hydrogen-bond acceptors (Lipinski definition) is 12. The first-order valence-electron chi connectivity index (χ1n) is 11.3. The number of esters is 3. The molecule has 14 heteroatoms. The summed E-state index contributed by atoms with van der Waals surface area (Å²) in [5, 5.41) is 21.3. The minimum atomic E-state index is -1.62. The molecule has 2 heterocycles. The molecule has 1 aromatic heterocycles. The summed E-state index contributed by atoms with van der Waals surface area (Å²) in [4.78, 5) is 46.9. The fourth-order valence-electron chi connectivity index (χ4n) is 3.51. The van der Waals surface area contributed by atoms with E-state index in [4.69, 9.17) is 23.7 Å². The van der Waals surface area contributed by atoms with Crippen LogP contribution in [0.2, 0.25) is 0 Å². The molecule has 1 amide bonds. The molecule has 1 aliphatic rings. The van der Waals surface area contributed by atoms with Crippen LogP contribution < -0.4 is 5.32 Å². The average molecular weight is 520 g/mol. The Kier molecular flexibility index (Phi) is 9.65. The summed E-state index contributed by atoms with van der Waals surface area (Å²) in [6.07, 6.45) is -5.29. The Labute approximate surface area is 211 Å². The molecule has 5 atom stereocenters. The number of para-hydroxylation sites is 1. The maximum absolute atomic E-state index is 12.4. The molecular weight excluding hydrogens is 492 g/mol. The van der Waals surface area contributed by atoms with Gasteiger partial charge in [-0.3, -0.25) is 19.2 Å². The molecule has 1 aromatic carbocycles. The number of amides is 1. The smallest absolute Gasteiger partial charge is 0.303 e. The van der Waals surface area contributed by atoms with Crippen molar-refractivity contribution in [1.29, 1.82) is 0 Å². The van der Waals surface area contributed by atoms with Gasteiger partial charge in [-0.05, 0) is 12.1 Å². The molecule has 0 bridgehead atoms. The SMILES string of the molecule is CC(=O)OC[C@H]1O[C@@H](OCC(=O)NCc2cn(-c3ccccc3)nn2)[C@H](O)[C@@H](OC(C)=O)[C@@H]1OC(C)=O. The van der Waals surface area contributed by atoms with E-state index < -0.39 is 61.1 Å². The number of benzene rings is 1. The van der Waals surface area contributed by atoms with E-state index in [-0.39, 0.29) is 13.2 Å². The highest BCUT2D eigenvalue weighted by atomic mass is 16.7. The summed E-state index contributed by atoms with van der Waals surface area (Å²) in [5.41, 5.74) is 1.30. The quantitative estimate of drug-likeness (QED) is 0.301. The van der Waals surface area contributed by atoms with Gasteiger partial charge < -0.3 is 34.1 Å². The van der Waals surface area contributed by atoms with Gasteiger partial charge in [0.25, 0.3) is 0 Å². The van der Waals surface area contributed by atoms with Crippen molar-refractivity contribution >= 4 is 23.8 Å². The van der Waals surface area contributed by atoms with Crippen molar-refractivity contribution in [3.8, 4) is 5.69 Å². The summed E-state index contributed by atoms with van der Waals surface area (Å²) < 4.78 is 27.9. The Morgan fingerprint density at radius 2 is 1.70 bits per heavy atom. The van der Waals surface area contributed by atoms with E-state index >= 15 is 0 Å². The molecule has 3 rings (SSSR count). The molecular formula is C23H28N4O10. The number of ether oxygens (including phenoxy) is 5. The van der Waals surface area contributed by atoms with Gasteiger partial charge in [0.15, 0.2) is 18.5 Å². The van der Waals surface area contributed by atoms with Crippen molar-refractivity contribution in [2.45, 2.75) is 58.0 Å². The zero-order valence-electron chi connectivity index (χ0n) is 20.4. The summed E-state index contributed by atoms with van der Waals surface area (Å²) >= 11 is 0. The highest BCUT2D eigenvalue weighted by Gasteiger charge is 2.50. The van der Waals surface area contributed by atoms with Crippen molar-refractivity contribution in [2.24, 2.45) is 0 Å². The van der Waals surface area contributed by atoms with Crippen LogP contribution in [-0.2, 0) is 49.4 Å². The molecule has 14 nitrogen and oxygen atoms in total. The second kappa shape index (κ2) is 12.9. The number of aliphatic hydroxyl groups is 1. The lowest BCUT2D eigenvalue weighted by Crippen LogP contribution is -2.62. The first kappa shape index (κ1) is 27.7. The van der Waals surface area contributed by atoms with Crippen LogP contribution in [0, 0.1) is 0 Å². The minimum absolute atomic E-state index is 0.0583. The number of aromatic nitrogens is 3. The molecule has 200 valence electrons. The first-order valence-corrected chi connectivity index (χ1v) is 11.3. The van der Waals surface area contributed by atoms with E-state index in [2.05, 4.69) is 15.6 Å². The van der Waals surface area contributed by atoms with Crippen molar-refractivity contribution in [3.05, 3.63) is 42.2 Å². The maximum atomic E-state index is 12.4. The van der Waals surface area contributed by atoms with Gasteiger partial charge in [0, 0.05) is 20.8 Å². The Morgan fingerprint density at radius 1 is 1.03 bits per heavy atom. The maximum Gasteiger partial charge on any atom is 0.303 e. The van der Waals surface area contributed by atoms with Crippen molar-refractivity contribution in [3.63, 3.8) is 0 Å². The van der Waals surface area contributed by atoms with E-state index in [1.807, 2.05) is 30.3 Å². The molecule has 37 heavy (non-hydrogen) atoms. The molecule has 0 saturated carbocycles. The zero-order chi connectivity index (χ0) is 26.9. The third kappa shape index (κ3) is 8.06. The largest absolute Gasteiger partial charge is 0.463 e. The van der Waals surface area contributed by atoms with Crippen LogP contribution in [0.25, 0.3) is 5.69 Å². The van der Waals surface area contributed by atoms with Crippen molar-refractivity contribution < 1.29 is 48.0 Å². The van der Waals surface area contributed by atoms with Crippen LogP contribution in [0.4, 0.5) is 0 Å². The summed E-state index contributed by atoms with van der Waals surface area (Å²) in [6, 6.07) is 9.29. The van der Waals surface area contributed by atoms with Crippen molar-refractivity contribution in [2.75, 3.05) is 13.2 Å². The molecule has 0 spiro atoms. The number of hydrogen-bond donors (Lipinski definition) is 2. The lowest BCUT2D eigenvalue weighted by atomic mass is 9.98. The molecule has 0 unspecified atom stereocenters. The third-order valence-electron chi connectivity index (χ3n) is 5.08. The topological polar surface area (TPSA) is 177 Å². The number of nitrogens with one attached hydrogen (secondary N) is 1. The number of aliphatic hydroxyl groups excluding tert-OH is 1. The zero-order valence-corrected chi connectivity index (χ0v) is 20.4. The van der Waals surface area contributed by atoms with E-state index in [1.54, 1.807) is 10.9 Å². The van der Waals surface area contributed by atoms with Crippen LogP contribution in [-0.4, -0.2) is 87.8 Å². The van der Waals surface area contributed by atoms with E-state index in [0.29, 0.717) is 5.69 Å². The first-order chi connectivity index (χ1) is 17.6. The van der Waals surface area contributed by atoms with E-state index in [9.17, 15) is 24.3 Å². The molecule has 1 saturated heterocycles. The average Bonchev–Trinajstić information content (AvgIpc) is 3.33.